The molecule has 2 N–H and O–H groups in total. The van der Waals surface area contributed by atoms with Gasteiger partial charge in [-0.15, -0.1) is 11.3 Å². The highest BCUT2D eigenvalue weighted by Crippen LogP contribution is 2.29. The number of carbonyl (C=O) groups excluding carboxylic acids is 1. The zero-order valence-electron chi connectivity index (χ0n) is 13.6. The first kappa shape index (κ1) is 16.2. The van der Waals surface area contributed by atoms with Gasteiger partial charge < -0.3 is 15.5 Å². The second-order valence-electron chi connectivity index (χ2n) is 6.40. The maximum Gasteiger partial charge on any atom is 0.264 e. The van der Waals surface area contributed by atoms with E-state index < -0.39 is 0 Å². The monoisotopic (exact) mass is 329 g/mol. The van der Waals surface area contributed by atoms with Gasteiger partial charge in [-0.1, -0.05) is 30.3 Å². The van der Waals surface area contributed by atoms with Gasteiger partial charge in [-0.25, -0.2) is 0 Å². The molecule has 0 unspecified atom stereocenters. The number of thiophene rings is 1. The zero-order valence-corrected chi connectivity index (χ0v) is 14.4. The number of amides is 1. The average Bonchev–Trinajstić information content (AvgIpc) is 3.13. The highest BCUT2D eigenvalue weighted by atomic mass is 32.1. The minimum absolute atomic E-state index is 0.00129. The van der Waals surface area contributed by atoms with Crippen LogP contribution in [0, 0.1) is 0 Å². The van der Waals surface area contributed by atoms with E-state index in [9.17, 15) is 4.79 Å². The molecule has 2 heterocycles. The number of likely N-dealkylation sites (tertiary alicyclic amines) is 1. The fourth-order valence-corrected chi connectivity index (χ4v) is 4.06. The Morgan fingerprint density at radius 2 is 2.00 bits per heavy atom. The van der Waals surface area contributed by atoms with Crippen molar-refractivity contribution in [3.8, 4) is 0 Å². The highest BCUT2D eigenvalue weighted by molar-refractivity contribution is 7.12. The van der Waals surface area contributed by atoms with Crippen LogP contribution in [0.3, 0.4) is 0 Å². The largest absolute Gasteiger partial charge is 0.336 e. The van der Waals surface area contributed by atoms with Crippen molar-refractivity contribution < 1.29 is 4.79 Å². The van der Waals surface area contributed by atoms with E-state index >= 15 is 0 Å². The molecular formula is C18H23N3OS. The van der Waals surface area contributed by atoms with E-state index in [-0.39, 0.29) is 17.9 Å². The van der Waals surface area contributed by atoms with Crippen molar-refractivity contribution in [2.75, 3.05) is 27.2 Å². The maximum absolute atomic E-state index is 12.9. The molecule has 2 atom stereocenters. The summed E-state index contributed by atoms with van der Waals surface area (Å²) in [6.45, 7) is 2.10. The molecule has 1 aliphatic heterocycles. The number of nitrogens with zero attached hydrogens (tertiary/aromatic N) is 2. The summed E-state index contributed by atoms with van der Waals surface area (Å²) in [7, 11) is 4.03. The molecule has 3 rings (SSSR count). The lowest BCUT2D eigenvalue weighted by Gasteiger charge is -2.17. The van der Waals surface area contributed by atoms with Crippen molar-refractivity contribution in [1.29, 1.82) is 0 Å². The predicted molar refractivity (Wildman–Crippen MR) is 94.8 cm³/mol. The number of hydrogen-bond donors (Lipinski definition) is 1. The molecule has 23 heavy (non-hydrogen) atoms. The fraction of sp³-hybridized carbons (Fsp3) is 0.389. The standard InChI is InChI=1S/C18H23N3OS/c1-20(2)10-14-8-9-23-17(14)18(22)21-11-15(16(19)12-21)13-6-4-3-5-7-13/h3-9,15-16H,10-12,19H2,1-2H3/t15-,16+/m0/s1. The van der Waals surface area contributed by atoms with E-state index in [1.165, 1.54) is 16.9 Å². The second-order valence-corrected chi connectivity index (χ2v) is 7.32. The molecule has 0 saturated carbocycles. The number of carbonyl (C=O) groups is 1. The van der Waals surface area contributed by atoms with Gasteiger partial charge in [0, 0.05) is 31.6 Å². The summed E-state index contributed by atoms with van der Waals surface area (Å²) in [5, 5.41) is 2.00. The minimum atomic E-state index is -0.00129. The summed E-state index contributed by atoms with van der Waals surface area (Å²) in [4.78, 5) is 17.7. The topological polar surface area (TPSA) is 49.6 Å². The molecule has 4 nitrogen and oxygen atoms in total. The van der Waals surface area contributed by atoms with Crippen molar-refractivity contribution in [3.05, 3.63) is 57.8 Å². The van der Waals surface area contributed by atoms with Gasteiger partial charge >= 0.3 is 0 Å². The second kappa shape index (κ2) is 6.83. The number of rotatable bonds is 4. The first-order valence-electron chi connectivity index (χ1n) is 7.87. The Morgan fingerprint density at radius 1 is 1.26 bits per heavy atom. The van der Waals surface area contributed by atoms with E-state index in [0.717, 1.165) is 17.0 Å². The molecule has 1 fully saturated rings. The van der Waals surface area contributed by atoms with E-state index in [4.69, 9.17) is 5.73 Å². The molecule has 0 spiro atoms. The van der Waals surface area contributed by atoms with Crippen molar-refractivity contribution in [2.24, 2.45) is 5.73 Å². The van der Waals surface area contributed by atoms with Gasteiger partial charge in [-0.3, -0.25) is 4.79 Å². The predicted octanol–water partition coefficient (Wildman–Crippen LogP) is 2.38. The molecule has 0 aliphatic carbocycles. The van der Waals surface area contributed by atoms with Crippen molar-refractivity contribution in [3.63, 3.8) is 0 Å². The minimum Gasteiger partial charge on any atom is -0.336 e. The third-order valence-electron chi connectivity index (χ3n) is 4.31. The van der Waals surface area contributed by atoms with Crippen LogP contribution in [0.4, 0.5) is 0 Å². The molecule has 2 aromatic rings. The first-order valence-corrected chi connectivity index (χ1v) is 8.75. The van der Waals surface area contributed by atoms with E-state index in [2.05, 4.69) is 17.0 Å². The van der Waals surface area contributed by atoms with Crippen LogP contribution < -0.4 is 5.73 Å². The lowest BCUT2D eigenvalue weighted by atomic mass is 9.95. The summed E-state index contributed by atoms with van der Waals surface area (Å²) < 4.78 is 0. The Balaban J connectivity index is 1.76. The Morgan fingerprint density at radius 3 is 2.70 bits per heavy atom. The lowest BCUT2D eigenvalue weighted by Crippen LogP contribution is -2.32. The van der Waals surface area contributed by atoms with Gasteiger partial charge in [0.15, 0.2) is 0 Å². The van der Waals surface area contributed by atoms with Gasteiger partial charge in [0.1, 0.15) is 0 Å². The molecule has 1 aromatic carbocycles. The Hall–Kier alpha value is -1.69. The summed E-state index contributed by atoms with van der Waals surface area (Å²) in [6, 6.07) is 12.3. The third kappa shape index (κ3) is 3.47. The zero-order chi connectivity index (χ0) is 16.4. The molecule has 5 heteroatoms. The summed E-state index contributed by atoms with van der Waals surface area (Å²) in [6.07, 6.45) is 0. The third-order valence-corrected chi connectivity index (χ3v) is 5.25. The smallest absolute Gasteiger partial charge is 0.264 e. The van der Waals surface area contributed by atoms with Gasteiger partial charge in [-0.05, 0) is 36.7 Å². The Labute approximate surface area is 141 Å². The molecular weight excluding hydrogens is 306 g/mol. The summed E-state index contributed by atoms with van der Waals surface area (Å²) >= 11 is 1.53. The van der Waals surface area contributed by atoms with Crippen molar-refractivity contribution in [1.82, 2.24) is 9.80 Å². The number of nitrogens with two attached hydrogens (primary N) is 1. The van der Waals surface area contributed by atoms with Gasteiger partial charge in [-0.2, -0.15) is 0 Å². The highest BCUT2D eigenvalue weighted by Gasteiger charge is 2.35. The summed E-state index contributed by atoms with van der Waals surface area (Å²) in [5.74, 6) is 0.336. The van der Waals surface area contributed by atoms with Crippen LogP contribution >= 0.6 is 11.3 Å². The van der Waals surface area contributed by atoms with Crippen LogP contribution in [0.2, 0.25) is 0 Å². The fourth-order valence-electron chi connectivity index (χ4n) is 3.18. The van der Waals surface area contributed by atoms with Crippen LogP contribution in [-0.2, 0) is 6.54 Å². The van der Waals surface area contributed by atoms with Crippen LogP contribution in [0.15, 0.2) is 41.8 Å². The van der Waals surface area contributed by atoms with Gasteiger partial charge in [0.05, 0.1) is 4.88 Å². The number of benzene rings is 1. The van der Waals surface area contributed by atoms with Crippen LogP contribution in [0.25, 0.3) is 0 Å². The quantitative estimate of drug-likeness (QED) is 0.937. The van der Waals surface area contributed by atoms with Gasteiger partial charge in [0.25, 0.3) is 5.91 Å². The number of hydrogen-bond acceptors (Lipinski definition) is 4. The van der Waals surface area contributed by atoms with Crippen LogP contribution in [-0.4, -0.2) is 48.9 Å². The average molecular weight is 329 g/mol. The molecule has 1 amide bonds. The molecule has 1 aromatic heterocycles. The molecule has 1 saturated heterocycles. The van der Waals surface area contributed by atoms with Crippen LogP contribution in [0.1, 0.15) is 26.7 Å². The van der Waals surface area contributed by atoms with E-state index in [0.29, 0.717) is 13.1 Å². The SMILES string of the molecule is CN(C)Cc1ccsc1C(=O)N1C[C@@H](N)[C@H](c2ccccc2)C1. The van der Waals surface area contributed by atoms with Gasteiger partial charge in [0.2, 0.25) is 0 Å². The van der Waals surface area contributed by atoms with Crippen molar-refractivity contribution in [2.45, 2.75) is 18.5 Å². The van der Waals surface area contributed by atoms with Crippen LogP contribution in [0.5, 0.6) is 0 Å². The van der Waals surface area contributed by atoms with Crippen molar-refractivity contribution >= 4 is 17.2 Å². The molecule has 122 valence electrons. The Bertz CT molecular complexity index is 668. The molecule has 0 radical (unpaired) electrons. The first-order chi connectivity index (χ1) is 11.1. The molecule has 1 aliphatic rings. The van der Waals surface area contributed by atoms with E-state index in [1.54, 1.807) is 0 Å². The maximum atomic E-state index is 12.9. The normalized spacial score (nSPS) is 21.1. The molecule has 0 bridgehead atoms. The lowest BCUT2D eigenvalue weighted by molar-refractivity contribution is 0.0792. The summed E-state index contributed by atoms with van der Waals surface area (Å²) in [5.41, 5.74) is 8.63. The Kier molecular flexibility index (Phi) is 4.80. The van der Waals surface area contributed by atoms with E-state index in [1.807, 2.05) is 48.6 Å².